The molecule has 4 rings (SSSR count). The van der Waals surface area contributed by atoms with Gasteiger partial charge < -0.3 is 0 Å². The summed E-state index contributed by atoms with van der Waals surface area (Å²) in [6.07, 6.45) is 1.48. The van der Waals surface area contributed by atoms with Gasteiger partial charge in [0.25, 0.3) is 5.95 Å². The summed E-state index contributed by atoms with van der Waals surface area (Å²) >= 11 is 0. The molecule has 0 amide bonds. The number of fused-ring (bicyclic) bond motifs is 3. The van der Waals surface area contributed by atoms with Gasteiger partial charge in [0.1, 0.15) is 12.4 Å². The van der Waals surface area contributed by atoms with E-state index < -0.39 is 0 Å². The highest BCUT2D eigenvalue weighted by Gasteiger charge is 2.23. The molecule has 7 heteroatoms. The van der Waals surface area contributed by atoms with E-state index in [1.165, 1.54) is 12.1 Å². The van der Waals surface area contributed by atoms with Crippen LogP contribution in [0.1, 0.15) is 17.0 Å². The molecule has 2 aromatic carbocycles. The van der Waals surface area contributed by atoms with Gasteiger partial charge in [0, 0.05) is 11.1 Å². The Kier molecular flexibility index (Phi) is 3.33. The van der Waals surface area contributed by atoms with E-state index in [1.807, 2.05) is 24.3 Å². The summed E-state index contributed by atoms with van der Waals surface area (Å²) in [5.74, 6) is 0.287. The van der Waals surface area contributed by atoms with E-state index in [0.29, 0.717) is 28.4 Å². The first-order valence-corrected chi connectivity index (χ1v) is 7.21. The first-order chi connectivity index (χ1) is 11.8. The predicted molar refractivity (Wildman–Crippen MR) is 84.9 cm³/mol. The van der Waals surface area contributed by atoms with Crippen LogP contribution in [-0.2, 0) is 11.3 Å². The van der Waals surface area contributed by atoms with Gasteiger partial charge in [0.05, 0.1) is 11.4 Å². The van der Waals surface area contributed by atoms with Crippen LogP contribution in [-0.4, -0.2) is 26.6 Å². The molecule has 1 aliphatic heterocycles. The highest BCUT2D eigenvalue weighted by Crippen LogP contribution is 2.28. The van der Waals surface area contributed by atoms with Crippen molar-refractivity contribution in [1.29, 1.82) is 0 Å². The normalized spacial score (nSPS) is 12.5. The van der Waals surface area contributed by atoms with Crippen LogP contribution >= 0.6 is 0 Å². The van der Waals surface area contributed by atoms with E-state index in [1.54, 1.807) is 22.8 Å². The zero-order chi connectivity index (χ0) is 16.5. The van der Waals surface area contributed by atoms with Crippen molar-refractivity contribution in [2.45, 2.75) is 6.54 Å². The fourth-order valence-electron chi connectivity index (χ4n) is 2.76. The Hall–Kier alpha value is -3.44. The quantitative estimate of drug-likeness (QED) is 0.538. The molecule has 3 aromatic rings. The van der Waals surface area contributed by atoms with E-state index in [0.717, 1.165) is 0 Å². The number of para-hydroxylation sites is 1. The van der Waals surface area contributed by atoms with Crippen molar-refractivity contribution in [3.8, 4) is 5.69 Å². The Balaban J connectivity index is 2.00. The molecule has 0 spiro atoms. The average Bonchev–Trinajstić information content (AvgIpc) is 2.92. The highest BCUT2D eigenvalue weighted by molar-refractivity contribution is 6.15. The zero-order valence-electron chi connectivity index (χ0n) is 12.3. The van der Waals surface area contributed by atoms with E-state index >= 15 is 0 Å². The van der Waals surface area contributed by atoms with Crippen molar-refractivity contribution in [3.05, 3.63) is 71.3 Å². The smallest absolute Gasteiger partial charge is 0.266 e. The number of hydrogen-bond acceptors (Lipinski definition) is 5. The van der Waals surface area contributed by atoms with Gasteiger partial charge in [-0.2, -0.15) is 0 Å². The lowest BCUT2D eigenvalue weighted by atomic mass is 10.00. The fourth-order valence-corrected chi connectivity index (χ4v) is 2.76. The molecule has 0 aliphatic carbocycles. The minimum Gasteiger partial charge on any atom is -0.276 e. The molecule has 0 unspecified atom stereocenters. The molecule has 0 saturated heterocycles. The average molecular weight is 319 g/mol. The minimum absolute atomic E-state index is 0.123. The van der Waals surface area contributed by atoms with Crippen molar-refractivity contribution in [1.82, 2.24) is 14.8 Å². The van der Waals surface area contributed by atoms with E-state index in [-0.39, 0.29) is 18.3 Å². The number of aromatic nitrogens is 3. The number of isocyanates is 1. The summed E-state index contributed by atoms with van der Waals surface area (Å²) in [6.45, 7) is 0.194. The SMILES string of the molecule is O=C=Nc1nnc2n1-c1ccccc1C(c1ccccc1F)=NC2. The predicted octanol–water partition coefficient (Wildman–Crippen LogP) is 2.72. The number of benzene rings is 2. The Morgan fingerprint density at radius 3 is 2.58 bits per heavy atom. The largest absolute Gasteiger partial charge is 0.276 e. The monoisotopic (exact) mass is 319 g/mol. The van der Waals surface area contributed by atoms with Crippen LogP contribution in [0.5, 0.6) is 0 Å². The molecule has 24 heavy (non-hydrogen) atoms. The molecule has 6 nitrogen and oxygen atoms in total. The molecule has 0 saturated carbocycles. The van der Waals surface area contributed by atoms with Crippen molar-refractivity contribution in [3.63, 3.8) is 0 Å². The lowest BCUT2D eigenvalue weighted by Crippen LogP contribution is -2.08. The van der Waals surface area contributed by atoms with Crippen LogP contribution < -0.4 is 0 Å². The van der Waals surface area contributed by atoms with E-state index in [9.17, 15) is 9.18 Å². The molecule has 0 radical (unpaired) electrons. The van der Waals surface area contributed by atoms with Gasteiger partial charge in [0.15, 0.2) is 5.82 Å². The lowest BCUT2D eigenvalue weighted by Gasteiger charge is -2.12. The van der Waals surface area contributed by atoms with Gasteiger partial charge in [-0.1, -0.05) is 30.3 Å². The van der Waals surface area contributed by atoms with E-state index in [2.05, 4.69) is 20.2 Å². The van der Waals surface area contributed by atoms with E-state index in [4.69, 9.17) is 0 Å². The van der Waals surface area contributed by atoms with Crippen LogP contribution in [0.4, 0.5) is 10.3 Å². The molecule has 0 N–H and O–H groups in total. The second-order valence-corrected chi connectivity index (χ2v) is 5.12. The van der Waals surface area contributed by atoms with Gasteiger partial charge in [0.2, 0.25) is 6.08 Å². The van der Waals surface area contributed by atoms with Crippen LogP contribution in [0.15, 0.2) is 58.5 Å². The van der Waals surface area contributed by atoms with Gasteiger partial charge in [-0.25, -0.2) is 9.18 Å². The molecular weight excluding hydrogens is 309 g/mol. The number of hydrogen-bond donors (Lipinski definition) is 0. The van der Waals surface area contributed by atoms with Crippen LogP contribution in [0.2, 0.25) is 0 Å². The second kappa shape index (κ2) is 5.64. The van der Waals surface area contributed by atoms with Crippen molar-refractivity contribution in [2.75, 3.05) is 0 Å². The molecule has 0 bridgehead atoms. The number of nitrogens with zero attached hydrogens (tertiary/aromatic N) is 5. The summed E-state index contributed by atoms with van der Waals surface area (Å²) in [7, 11) is 0. The second-order valence-electron chi connectivity index (χ2n) is 5.12. The molecule has 116 valence electrons. The van der Waals surface area contributed by atoms with Gasteiger partial charge in [-0.15, -0.1) is 15.2 Å². The maximum atomic E-state index is 14.3. The number of carbonyl (C=O) groups excluding carboxylic acids is 1. The minimum atomic E-state index is -0.352. The topological polar surface area (TPSA) is 72.5 Å². The van der Waals surface area contributed by atoms with Crippen LogP contribution in [0.25, 0.3) is 5.69 Å². The summed E-state index contributed by atoms with van der Waals surface area (Å²) in [4.78, 5) is 18.8. The molecule has 0 fully saturated rings. The molecule has 2 heterocycles. The Labute approximate surface area is 136 Å². The standard InChI is InChI=1S/C17H10FN5O/c18-13-7-3-1-5-11(13)16-12-6-2-4-8-14(12)23-15(9-19-16)21-22-17(23)20-10-24/h1-8H,9H2. The summed E-state index contributed by atoms with van der Waals surface area (Å²) < 4.78 is 15.9. The molecule has 1 aliphatic rings. The maximum absolute atomic E-state index is 14.3. The number of rotatable bonds is 2. The maximum Gasteiger partial charge on any atom is 0.266 e. The number of halogens is 1. The Morgan fingerprint density at radius 2 is 1.79 bits per heavy atom. The lowest BCUT2D eigenvalue weighted by molar-refractivity contribution is 0.565. The van der Waals surface area contributed by atoms with Crippen LogP contribution in [0.3, 0.4) is 0 Å². The first kappa shape index (κ1) is 14.2. The summed E-state index contributed by atoms with van der Waals surface area (Å²) in [5, 5.41) is 7.91. The van der Waals surface area contributed by atoms with Gasteiger partial charge in [-0.3, -0.25) is 9.56 Å². The third-order valence-electron chi connectivity index (χ3n) is 3.77. The molecule has 1 aromatic heterocycles. The van der Waals surface area contributed by atoms with Crippen molar-refractivity contribution >= 4 is 17.7 Å². The molecule has 0 atom stereocenters. The zero-order valence-corrected chi connectivity index (χ0v) is 12.3. The third kappa shape index (κ3) is 2.15. The third-order valence-corrected chi connectivity index (χ3v) is 3.77. The van der Waals surface area contributed by atoms with Crippen LogP contribution in [0, 0.1) is 5.82 Å². The van der Waals surface area contributed by atoms with Crippen molar-refractivity contribution < 1.29 is 9.18 Å². The molecular formula is C17H10FN5O. The van der Waals surface area contributed by atoms with Gasteiger partial charge >= 0.3 is 0 Å². The Bertz CT molecular complexity index is 1020. The Morgan fingerprint density at radius 1 is 1.04 bits per heavy atom. The first-order valence-electron chi connectivity index (χ1n) is 7.21. The number of aliphatic imine (C=N–C) groups is 2. The van der Waals surface area contributed by atoms with Crippen molar-refractivity contribution in [2.24, 2.45) is 9.98 Å². The van der Waals surface area contributed by atoms with Gasteiger partial charge in [-0.05, 0) is 18.2 Å². The summed E-state index contributed by atoms with van der Waals surface area (Å²) in [6, 6.07) is 13.8. The highest BCUT2D eigenvalue weighted by atomic mass is 19.1. The summed E-state index contributed by atoms with van der Waals surface area (Å²) in [5.41, 5.74) is 2.33. The fraction of sp³-hybridized carbons (Fsp3) is 0.0588.